The van der Waals surface area contributed by atoms with Crippen molar-refractivity contribution in [3.63, 3.8) is 0 Å². The average Bonchev–Trinajstić information content (AvgIpc) is 3.96. The minimum atomic E-state index is -0.123. The predicted molar refractivity (Wildman–Crippen MR) is 263 cm³/mol. The lowest BCUT2D eigenvalue weighted by Gasteiger charge is -2.21. The average molecular weight is 791 g/mol. The first-order valence-electron chi connectivity index (χ1n) is 22.0. The summed E-state index contributed by atoms with van der Waals surface area (Å²) in [6, 6.07) is 69.1. The molecule has 0 amide bonds. The zero-order valence-corrected chi connectivity index (χ0v) is 35.2. The molecule has 0 bridgehead atoms. The smallest absolute Gasteiger partial charge is 0.0544 e. The number of fused-ring (bicyclic) bond motifs is 18. The summed E-state index contributed by atoms with van der Waals surface area (Å²) in [6.45, 7) is 9.54. The van der Waals surface area contributed by atoms with Crippen LogP contribution in [0.3, 0.4) is 0 Å². The molecule has 0 radical (unpaired) electrons. The second-order valence-corrected chi connectivity index (χ2v) is 18.9. The Kier molecular flexibility index (Phi) is 6.47. The number of para-hydroxylation sites is 1. The SMILES string of the molecule is CC1(C)c2ccccc2-c2cc3c4ccccc4n(-c4ccc5c(c4)c4cc6c(cc4n5-c4ccc5c7ccccc7c7ccccc7c5c4)C(C)(C)c4ccccc4-6)c3cc21. The zero-order valence-electron chi connectivity index (χ0n) is 35.2. The van der Waals surface area contributed by atoms with Gasteiger partial charge in [0.25, 0.3) is 0 Å². The summed E-state index contributed by atoms with van der Waals surface area (Å²) in [5.74, 6) is 0. The van der Waals surface area contributed by atoms with Gasteiger partial charge in [0.2, 0.25) is 0 Å². The van der Waals surface area contributed by atoms with Crippen LogP contribution in [0, 0.1) is 0 Å². The van der Waals surface area contributed by atoms with Crippen molar-refractivity contribution in [3.05, 3.63) is 204 Å². The molecule has 0 fully saturated rings. The van der Waals surface area contributed by atoms with Gasteiger partial charge in [-0.2, -0.15) is 0 Å². The molecule has 14 rings (SSSR count). The first-order chi connectivity index (χ1) is 30.3. The van der Waals surface area contributed by atoms with Gasteiger partial charge in [0, 0.05) is 43.7 Å². The summed E-state index contributed by atoms with van der Waals surface area (Å²) in [5, 5.41) is 12.8. The van der Waals surface area contributed by atoms with Crippen LogP contribution in [-0.2, 0) is 10.8 Å². The molecule has 0 aliphatic heterocycles. The van der Waals surface area contributed by atoms with Crippen molar-refractivity contribution in [2.24, 2.45) is 0 Å². The van der Waals surface area contributed by atoms with Gasteiger partial charge in [0.1, 0.15) is 0 Å². The van der Waals surface area contributed by atoms with Gasteiger partial charge in [-0.15, -0.1) is 0 Å². The Morgan fingerprint density at radius 1 is 0.258 bits per heavy atom. The highest BCUT2D eigenvalue weighted by Gasteiger charge is 2.38. The standard InChI is InChI=1S/C60H42N2/c1-59(2)51-22-12-9-19-42(51)46-31-49-44-21-11-14-24-55(44)61(57(49)33-53(46)59)36-26-28-56-48(30-36)50-32-47-43-20-10-13-23-52(43)60(3,4)54(47)34-58(50)62(56)35-25-27-41-39-17-6-5-15-37(39)38-16-7-8-18-40(38)45(41)29-35/h5-34H,1-4H3. The van der Waals surface area contributed by atoms with E-state index < -0.39 is 0 Å². The molecule has 0 unspecified atom stereocenters. The third kappa shape index (κ3) is 4.24. The van der Waals surface area contributed by atoms with Crippen LogP contribution in [0.2, 0.25) is 0 Å². The van der Waals surface area contributed by atoms with E-state index in [4.69, 9.17) is 0 Å². The quantitative estimate of drug-likeness (QED) is 0.154. The molecule has 2 aliphatic carbocycles. The van der Waals surface area contributed by atoms with Gasteiger partial charge in [0.15, 0.2) is 0 Å². The van der Waals surface area contributed by atoms with E-state index in [2.05, 4.69) is 219 Å². The molecule has 12 aromatic rings. The zero-order chi connectivity index (χ0) is 41.2. The van der Waals surface area contributed by atoms with Crippen molar-refractivity contribution < 1.29 is 0 Å². The predicted octanol–water partition coefficient (Wildman–Crippen LogP) is 16.0. The highest BCUT2D eigenvalue weighted by molar-refractivity contribution is 6.26. The van der Waals surface area contributed by atoms with Crippen molar-refractivity contribution in [1.82, 2.24) is 9.13 Å². The van der Waals surface area contributed by atoms with Crippen LogP contribution in [0.1, 0.15) is 49.9 Å². The number of rotatable bonds is 2. The molecule has 0 saturated carbocycles. The van der Waals surface area contributed by atoms with E-state index in [1.54, 1.807) is 0 Å². The van der Waals surface area contributed by atoms with Gasteiger partial charge in [-0.05, 0) is 137 Å². The molecule has 2 aromatic heterocycles. The molecular formula is C60H42N2. The fourth-order valence-electron chi connectivity index (χ4n) is 12.1. The normalized spacial score (nSPS) is 14.7. The Morgan fingerprint density at radius 3 is 1.21 bits per heavy atom. The van der Waals surface area contributed by atoms with Crippen LogP contribution < -0.4 is 0 Å². The minimum Gasteiger partial charge on any atom is -0.309 e. The van der Waals surface area contributed by atoms with Crippen molar-refractivity contribution >= 4 is 75.9 Å². The minimum absolute atomic E-state index is 0.0965. The van der Waals surface area contributed by atoms with Crippen LogP contribution in [0.4, 0.5) is 0 Å². The highest BCUT2D eigenvalue weighted by Crippen LogP contribution is 2.53. The summed E-state index contributed by atoms with van der Waals surface area (Å²) >= 11 is 0. The number of nitrogens with zero attached hydrogens (tertiary/aromatic N) is 2. The molecule has 2 aliphatic rings. The van der Waals surface area contributed by atoms with Gasteiger partial charge in [-0.1, -0.05) is 149 Å². The Balaban J connectivity index is 1.08. The molecule has 0 spiro atoms. The highest BCUT2D eigenvalue weighted by atomic mass is 15.0. The van der Waals surface area contributed by atoms with Crippen LogP contribution in [0.5, 0.6) is 0 Å². The topological polar surface area (TPSA) is 9.86 Å². The Bertz CT molecular complexity index is 3940. The number of benzene rings is 10. The molecule has 0 saturated heterocycles. The number of hydrogen-bond donors (Lipinski definition) is 0. The lowest BCUT2D eigenvalue weighted by atomic mass is 9.82. The third-order valence-electron chi connectivity index (χ3n) is 15.1. The van der Waals surface area contributed by atoms with Crippen molar-refractivity contribution in [2.45, 2.75) is 38.5 Å². The molecule has 0 atom stereocenters. The van der Waals surface area contributed by atoms with Gasteiger partial charge in [-0.25, -0.2) is 0 Å². The van der Waals surface area contributed by atoms with E-state index >= 15 is 0 Å². The molecule has 0 N–H and O–H groups in total. The summed E-state index contributed by atoms with van der Waals surface area (Å²) in [7, 11) is 0. The second kappa shape index (κ2) is 11.7. The molecular weight excluding hydrogens is 749 g/mol. The summed E-state index contributed by atoms with van der Waals surface area (Å²) in [5.41, 5.74) is 18.0. The van der Waals surface area contributed by atoms with Crippen molar-refractivity contribution in [2.75, 3.05) is 0 Å². The molecule has 2 nitrogen and oxygen atoms in total. The largest absolute Gasteiger partial charge is 0.309 e. The maximum atomic E-state index is 2.54. The molecule has 292 valence electrons. The van der Waals surface area contributed by atoms with Crippen LogP contribution >= 0.6 is 0 Å². The fraction of sp³-hybridized carbons (Fsp3) is 0.100. The third-order valence-corrected chi connectivity index (χ3v) is 15.1. The second-order valence-electron chi connectivity index (χ2n) is 18.9. The molecule has 2 heteroatoms. The van der Waals surface area contributed by atoms with Crippen molar-refractivity contribution in [1.29, 1.82) is 0 Å². The Hall–Kier alpha value is -7.42. The number of hydrogen-bond acceptors (Lipinski definition) is 0. The monoisotopic (exact) mass is 790 g/mol. The van der Waals surface area contributed by atoms with Crippen LogP contribution in [0.25, 0.3) is 110 Å². The fourth-order valence-corrected chi connectivity index (χ4v) is 12.1. The molecule has 2 heterocycles. The molecule has 10 aromatic carbocycles. The van der Waals surface area contributed by atoms with Gasteiger partial charge >= 0.3 is 0 Å². The van der Waals surface area contributed by atoms with Crippen molar-refractivity contribution in [3.8, 4) is 33.6 Å². The van der Waals surface area contributed by atoms with E-state index in [0.29, 0.717) is 0 Å². The van der Waals surface area contributed by atoms with E-state index in [1.165, 1.54) is 132 Å². The summed E-state index contributed by atoms with van der Waals surface area (Å²) in [6.07, 6.45) is 0. The summed E-state index contributed by atoms with van der Waals surface area (Å²) < 4.78 is 5.06. The first-order valence-corrected chi connectivity index (χ1v) is 22.0. The number of aromatic nitrogens is 2. The Labute approximate surface area is 359 Å². The summed E-state index contributed by atoms with van der Waals surface area (Å²) in [4.78, 5) is 0. The van der Waals surface area contributed by atoms with E-state index in [9.17, 15) is 0 Å². The van der Waals surface area contributed by atoms with E-state index in [1.807, 2.05) is 0 Å². The maximum absolute atomic E-state index is 2.54. The van der Waals surface area contributed by atoms with Gasteiger partial charge in [-0.3, -0.25) is 0 Å². The molecule has 62 heavy (non-hydrogen) atoms. The Morgan fingerprint density at radius 2 is 0.645 bits per heavy atom. The first kappa shape index (κ1) is 34.3. The van der Waals surface area contributed by atoms with Crippen LogP contribution in [0.15, 0.2) is 182 Å². The lowest BCUT2D eigenvalue weighted by molar-refractivity contribution is 0.661. The maximum Gasteiger partial charge on any atom is 0.0544 e. The van der Waals surface area contributed by atoms with E-state index in [-0.39, 0.29) is 10.8 Å². The lowest BCUT2D eigenvalue weighted by Crippen LogP contribution is -2.15. The van der Waals surface area contributed by atoms with Gasteiger partial charge in [0.05, 0.1) is 22.1 Å². The van der Waals surface area contributed by atoms with E-state index in [0.717, 1.165) is 0 Å². The van der Waals surface area contributed by atoms with Gasteiger partial charge < -0.3 is 9.13 Å². The van der Waals surface area contributed by atoms with Crippen LogP contribution in [-0.4, -0.2) is 9.13 Å².